The lowest BCUT2D eigenvalue weighted by Gasteiger charge is -2.36. The molecule has 1 aliphatic rings. The van der Waals surface area contributed by atoms with Crippen molar-refractivity contribution in [1.29, 1.82) is 0 Å². The number of likely N-dealkylation sites (N-methyl/N-ethyl adjacent to an activating group) is 1. The Balaban J connectivity index is 2.41. The molecule has 0 saturated carbocycles. The lowest BCUT2D eigenvalue weighted by molar-refractivity contribution is 0.0123. The average Bonchev–Trinajstić information content (AvgIpc) is 2.06. The Morgan fingerprint density at radius 1 is 1.58 bits per heavy atom. The Hall–Kier alpha value is -0.120. The first-order valence-corrected chi connectivity index (χ1v) is 4.77. The van der Waals surface area contributed by atoms with Crippen LogP contribution in [0.4, 0.5) is 0 Å². The van der Waals surface area contributed by atoms with Crippen LogP contribution in [0.1, 0.15) is 26.2 Å². The summed E-state index contributed by atoms with van der Waals surface area (Å²) in [7, 11) is 1.87. The van der Waals surface area contributed by atoms with Gasteiger partial charge in [-0.25, -0.2) is 0 Å². The van der Waals surface area contributed by atoms with Gasteiger partial charge in [-0.1, -0.05) is 6.42 Å². The highest BCUT2D eigenvalue weighted by atomic mass is 16.3. The van der Waals surface area contributed by atoms with Gasteiger partial charge in [0.15, 0.2) is 0 Å². The van der Waals surface area contributed by atoms with Crippen molar-refractivity contribution in [3.8, 4) is 0 Å². The minimum atomic E-state index is -0.602. The maximum Gasteiger partial charge on any atom is 0.0895 e. The van der Waals surface area contributed by atoms with Gasteiger partial charge < -0.3 is 15.7 Å². The molecule has 1 saturated heterocycles. The predicted molar refractivity (Wildman–Crippen MR) is 50.2 cm³/mol. The van der Waals surface area contributed by atoms with Gasteiger partial charge in [0, 0.05) is 12.6 Å². The monoisotopic (exact) mass is 172 g/mol. The van der Waals surface area contributed by atoms with Gasteiger partial charge >= 0.3 is 0 Å². The summed E-state index contributed by atoms with van der Waals surface area (Å²) in [5.41, 5.74) is -0.602. The molecule has 1 rings (SSSR count). The molecule has 2 unspecified atom stereocenters. The molecule has 0 radical (unpaired) electrons. The van der Waals surface area contributed by atoms with Crippen LogP contribution in [-0.2, 0) is 0 Å². The van der Waals surface area contributed by atoms with Crippen molar-refractivity contribution >= 4 is 0 Å². The Bertz CT molecular complexity index is 130. The smallest absolute Gasteiger partial charge is 0.0895 e. The van der Waals surface area contributed by atoms with Crippen LogP contribution in [0.5, 0.6) is 0 Å². The van der Waals surface area contributed by atoms with E-state index in [0.29, 0.717) is 6.54 Å². The zero-order valence-electron chi connectivity index (χ0n) is 8.06. The van der Waals surface area contributed by atoms with Crippen molar-refractivity contribution < 1.29 is 5.11 Å². The molecule has 3 nitrogen and oxygen atoms in total. The molecule has 3 heteroatoms. The minimum absolute atomic E-state index is 0.263. The van der Waals surface area contributed by atoms with Crippen LogP contribution in [0.2, 0.25) is 0 Å². The summed E-state index contributed by atoms with van der Waals surface area (Å²) in [5, 5.41) is 16.4. The first-order valence-electron chi connectivity index (χ1n) is 4.77. The van der Waals surface area contributed by atoms with Gasteiger partial charge in [-0.3, -0.25) is 0 Å². The largest absolute Gasteiger partial charge is 0.387 e. The first-order chi connectivity index (χ1) is 5.67. The third-order valence-corrected chi connectivity index (χ3v) is 2.60. The fourth-order valence-corrected chi connectivity index (χ4v) is 1.86. The highest BCUT2D eigenvalue weighted by molar-refractivity contribution is 4.90. The quantitative estimate of drug-likeness (QED) is 0.565. The van der Waals surface area contributed by atoms with Crippen LogP contribution >= 0.6 is 0 Å². The molecular formula is C9H20N2O. The fourth-order valence-electron chi connectivity index (χ4n) is 1.86. The maximum absolute atomic E-state index is 10.0. The molecule has 0 bridgehead atoms. The molecule has 72 valence electrons. The van der Waals surface area contributed by atoms with E-state index in [1.165, 1.54) is 12.8 Å². The van der Waals surface area contributed by atoms with Gasteiger partial charge in [0.1, 0.15) is 0 Å². The first kappa shape index (κ1) is 9.96. The van der Waals surface area contributed by atoms with E-state index in [4.69, 9.17) is 0 Å². The van der Waals surface area contributed by atoms with Crippen molar-refractivity contribution in [2.45, 2.75) is 37.8 Å². The van der Waals surface area contributed by atoms with E-state index in [9.17, 15) is 5.11 Å². The number of rotatable bonds is 3. The Labute approximate surface area is 74.5 Å². The van der Waals surface area contributed by atoms with E-state index in [0.717, 1.165) is 13.0 Å². The number of nitrogens with one attached hydrogen (secondary N) is 2. The standard InChI is InChI=1S/C9H20N2O/c1-9(12,7-10-2)8-5-3-4-6-11-8/h8,10-12H,3-7H2,1-2H3. The molecule has 2 atom stereocenters. The highest BCUT2D eigenvalue weighted by Gasteiger charge is 2.31. The van der Waals surface area contributed by atoms with E-state index in [2.05, 4.69) is 10.6 Å². The maximum atomic E-state index is 10.0. The zero-order chi connectivity index (χ0) is 9.03. The van der Waals surface area contributed by atoms with Crippen molar-refractivity contribution in [1.82, 2.24) is 10.6 Å². The number of piperidine rings is 1. The number of hydrogen-bond donors (Lipinski definition) is 3. The molecule has 0 aromatic rings. The Morgan fingerprint density at radius 2 is 2.33 bits per heavy atom. The highest BCUT2D eigenvalue weighted by Crippen LogP contribution is 2.18. The van der Waals surface area contributed by atoms with E-state index < -0.39 is 5.60 Å². The fraction of sp³-hybridized carbons (Fsp3) is 1.00. The van der Waals surface area contributed by atoms with Crippen LogP contribution in [-0.4, -0.2) is 36.9 Å². The predicted octanol–water partition coefficient (Wildman–Crippen LogP) is 0.0989. The van der Waals surface area contributed by atoms with Crippen molar-refractivity contribution in [2.24, 2.45) is 0 Å². The SMILES string of the molecule is CNCC(C)(O)C1CCCCN1. The van der Waals surface area contributed by atoms with Gasteiger partial charge in [0.2, 0.25) is 0 Å². The topological polar surface area (TPSA) is 44.3 Å². The lowest BCUT2D eigenvalue weighted by atomic mass is 9.89. The van der Waals surface area contributed by atoms with Gasteiger partial charge in [0.05, 0.1) is 5.60 Å². The third kappa shape index (κ3) is 2.44. The average molecular weight is 172 g/mol. The molecule has 0 aliphatic carbocycles. The summed E-state index contributed by atoms with van der Waals surface area (Å²) in [4.78, 5) is 0. The lowest BCUT2D eigenvalue weighted by Crippen LogP contribution is -2.55. The normalized spacial score (nSPS) is 29.8. The van der Waals surface area contributed by atoms with Crippen molar-refractivity contribution in [3.63, 3.8) is 0 Å². The molecule has 3 N–H and O–H groups in total. The molecule has 1 fully saturated rings. The second-order valence-electron chi connectivity index (χ2n) is 3.89. The molecule has 1 aliphatic heterocycles. The summed E-state index contributed by atoms with van der Waals surface area (Å²) in [6.07, 6.45) is 3.57. The van der Waals surface area contributed by atoms with Crippen LogP contribution < -0.4 is 10.6 Å². The zero-order valence-corrected chi connectivity index (χ0v) is 8.06. The van der Waals surface area contributed by atoms with Crippen molar-refractivity contribution in [3.05, 3.63) is 0 Å². The Kier molecular flexibility index (Phi) is 3.50. The van der Waals surface area contributed by atoms with E-state index in [-0.39, 0.29) is 6.04 Å². The molecule has 0 amide bonds. The van der Waals surface area contributed by atoms with Gasteiger partial charge in [-0.05, 0) is 33.4 Å². The third-order valence-electron chi connectivity index (χ3n) is 2.60. The second kappa shape index (κ2) is 4.21. The molecule has 0 spiro atoms. The van der Waals surface area contributed by atoms with E-state index >= 15 is 0 Å². The minimum Gasteiger partial charge on any atom is -0.387 e. The second-order valence-corrected chi connectivity index (χ2v) is 3.89. The van der Waals surface area contributed by atoms with Crippen LogP contribution in [0.3, 0.4) is 0 Å². The van der Waals surface area contributed by atoms with Crippen LogP contribution in [0.25, 0.3) is 0 Å². The molecule has 0 aromatic carbocycles. The van der Waals surface area contributed by atoms with Crippen LogP contribution in [0.15, 0.2) is 0 Å². The summed E-state index contributed by atoms with van der Waals surface area (Å²) in [5.74, 6) is 0. The summed E-state index contributed by atoms with van der Waals surface area (Å²) in [6, 6.07) is 0.263. The molecule has 12 heavy (non-hydrogen) atoms. The summed E-state index contributed by atoms with van der Waals surface area (Å²) < 4.78 is 0. The van der Waals surface area contributed by atoms with Gasteiger partial charge in [0.25, 0.3) is 0 Å². The molecular weight excluding hydrogens is 152 g/mol. The van der Waals surface area contributed by atoms with Gasteiger partial charge in [-0.2, -0.15) is 0 Å². The Morgan fingerprint density at radius 3 is 2.83 bits per heavy atom. The summed E-state index contributed by atoms with van der Waals surface area (Å²) in [6.45, 7) is 3.60. The number of aliphatic hydroxyl groups is 1. The van der Waals surface area contributed by atoms with Crippen molar-refractivity contribution in [2.75, 3.05) is 20.1 Å². The van der Waals surface area contributed by atoms with E-state index in [1.54, 1.807) is 0 Å². The van der Waals surface area contributed by atoms with Gasteiger partial charge in [-0.15, -0.1) is 0 Å². The van der Waals surface area contributed by atoms with Crippen LogP contribution in [0, 0.1) is 0 Å². The molecule has 1 heterocycles. The molecule has 0 aromatic heterocycles. The summed E-state index contributed by atoms with van der Waals surface area (Å²) >= 11 is 0. The number of hydrogen-bond acceptors (Lipinski definition) is 3. The van der Waals surface area contributed by atoms with E-state index in [1.807, 2.05) is 14.0 Å².